The van der Waals surface area contributed by atoms with Crippen molar-refractivity contribution >= 4 is 78.0 Å². The van der Waals surface area contributed by atoms with Crippen LogP contribution in [0.5, 0.6) is 0 Å². The van der Waals surface area contributed by atoms with Gasteiger partial charge in [-0.05, 0) is 83.9 Å². The molecule has 1 aliphatic rings. The molecular weight excluding hydrogens is 673 g/mol. The molecule has 0 bridgehead atoms. The Kier molecular flexibility index (Phi) is 6.86. The van der Waals surface area contributed by atoms with Gasteiger partial charge in [0, 0.05) is 55.5 Å². The van der Waals surface area contributed by atoms with Gasteiger partial charge in [-0.3, -0.25) is 0 Å². The predicted molar refractivity (Wildman–Crippen MR) is 228 cm³/mol. The molecule has 1 aliphatic carbocycles. The number of anilines is 6. The summed E-state index contributed by atoms with van der Waals surface area (Å²) >= 11 is 0. The van der Waals surface area contributed by atoms with Gasteiger partial charge in [-0.2, -0.15) is 0 Å². The normalized spacial score (nSPS) is 13.1. The maximum atomic E-state index is 7.09. The van der Waals surface area contributed by atoms with E-state index < -0.39 is 5.41 Å². The lowest BCUT2D eigenvalue weighted by molar-refractivity contribution is 0.651. The molecule has 0 unspecified atom stereocenters. The molecule has 2 heterocycles. The lowest BCUT2D eigenvalue weighted by Gasteiger charge is -2.29. The molecule has 4 nitrogen and oxygen atoms in total. The molecule has 262 valence electrons. The minimum absolute atomic E-state index is 0.411. The van der Waals surface area contributed by atoms with Crippen LogP contribution in [0.3, 0.4) is 0 Å². The summed E-state index contributed by atoms with van der Waals surface area (Å²) in [5, 5.41) is 4.36. The van der Waals surface area contributed by atoms with Crippen molar-refractivity contribution in [2.45, 2.75) is 19.3 Å². The largest absolute Gasteiger partial charge is 0.455 e. The van der Waals surface area contributed by atoms with Crippen molar-refractivity contribution < 1.29 is 8.83 Å². The highest BCUT2D eigenvalue weighted by Gasteiger charge is 2.43. The van der Waals surface area contributed by atoms with Gasteiger partial charge in [0.2, 0.25) is 0 Å². The number of hydrogen-bond acceptors (Lipinski definition) is 4. The molecule has 0 spiro atoms. The van der Waals surface area contributed by atoms with Crippen molar-refractivity contribution in [3.63, 3.8) is 0 Å². The molecule has 0 saturated heterocycles. The number of fused-ring (bicyclic) bond motifs is 11. The van der Waals surface area contributed by atoms with Crippen LogP contribution in [-0.4, -0.2) is 0 Å². The van der Waals surface area contributed by atoms with Gasteiger partial charge in [-0.25, -0.2) is 0 Å². The Balaban J connectivity index is 1.29. The monoisotopic (exact) mass is 708 g/mol. The number of hydrogen-bond donors (Lipinski definition) is 0. The van der Waals surface area contributed by atoms with E-state index in [1.807, 2.05) is 0 Å². The Labute approximate surface area is 319 Å². The fourth-order valence-electron chi connectivity index (χ4n) is 8.91. The van der Waals surface area contributed by atoms with E-state index >= 15 is 0 Å². The summed E-state index contributed by atoms with van der Waals surface area (Å²) in [6.45, 7) is 4.72. The third-order valence-corrected chi connectivity index (χ3v) is 11.4. The molecule has 0 radical (unpaired) electrons. The Morgan fingerprint density at radius 2 is 0.764 bits per heavy atom. The highest BCUT2D eigenvalue weighted by Crippen LogP contribution is 2.60. The van der Waals surface area contributed by atoms with Crippen LogP contribution in [0.4, 0.5) is 34.1 Å². The van der Waals surface area contributed by atoms with Crippen LogP contribution in [0.25, 0.3) is 55.0 Å². The van der Waals surface area contributed by atoms with Crippen molar-refractivity contribution in [2.24, 2.45) is 0 Å². The summed E-state index contributed by atoms with van der Waals surface area (Å²) in [6, 6.07) is 64.2. The van der Waals surface area contributed by atoms with Crippen molar-refractivity contribution in [3.05, 3.63) is 193 Å². The van der Waals surface area contributed by atoms with E-state index in [2.05, 4.69) is 206 Å². The van der Waals surface area contributed by atoms with Crippen LogP contribution >= 0.6 is 0 Å². The third-order valence-electron chi connectivity index (χ3n) is 11.4. The molecule has 2 aromatic heterocycles. The molecular formula is C51H36N2O2. The van der Waals surface area contributed by atoms with Crippen LogP contribution in [0.15, 0.2) is 191 Å². The molecule has 0 atom stereocenters. The number of furan rings is 2. The molecule has 0 saturated carbocycles. The van der Waals surface area contributed by atoms with Crippen LogP contribution in [0.1, 0.15) is 25.0 Å². The third kappa shape index (κ3) is 4.64. The van der Waals surface area contributed by atoms with Gasteiger partial charge in [-0.1, -0.05) is 123 Å². The Hall–Kier alpha value is -7.04. The molecule has 0 N–H and O–H groups in total. The number of para-hydroxylation sites is 6. The SMILES string of the molecule is CC1(C)c2cc(N(c3ccccc3)c3ccccc3)c3c(oc4ccccc43)c2-c2c1cc(N(c1ccccc1)c1ccccc1)c1oc3ccccc3c21. The highest BCUT2D eigenvalue weighted by atomic mass is 16.3. The minimum Gasteiger partial charge on any atom is -0.455 e. The Morgan fingerprint density at radius 3 is 1.27 bits per heavy atom. The van der Waals surface area contributed by atoms with Crippen molar-refractivity contribution in [2.75, 3.05) is 9.80 Å². The lowest BCUT2D eigenvalue weighted by Crippen LogP contribution is -2.18. The van der Waals surface area contributed by atoms with Gasteiger partial charge in [0.05, 0.1) is 16.8 Å². The van der Waals surface area contributed by atoms with Gasteiger partial charge >= 0.3 is 0 Å². The second-order valence-electron chi connectivity index (χ2n) is 14.9. The maximum Gasteiger partial charge on any atom is 0.160 e. The molecule has 4 heteroatoms. The summed E-state index contributed by atoms with van der Waals surface area (Å²) < 4.78 is 14.1. The first kappa shape index (κ1) is 31.5. The second-order valence-corrected chi connectivity index (χ2v) is 14.9. The van der Waals surface area contributed by atoms with Gasteiger partial charge in [0.15, 0.2) is 5.58 Å². The van der Waals surface area contributed by atoms with Gasteiger partial charge in [0.25, 0.3) is 0 Å². The fourth-order valence-corrected chi connectivity index (χ4v) is 8.91. The van der Waals surface area contributed by atoms with E-state index in [9.17, 15) is 0 Å². The predicted octanol–water partition coefficient (Wildman–Crippen LogP) is 14.7. The average Bonchev–Trinajstić information content (AvgIpc) is 3.88. The van der Waals surface area contributed by atoms with Crippen molar-refractivity contribution in [3.8, 4) is 11.1 Å². The summed E-state index contributed by atoms with van der Waals surface area (Å²) in [5.74, 6) is 0. The smallest absolute Gasteiger partial charge is 0.160 e. The highest BCUT2D eigenvalue weighted by molar-refractivity contribution is 6.25. The molecule has 11 rings (SSSR count). The van der Waals surface area contributed by atoms with Gasteiger partial charge < -0.3 is 18.6 Å². The molecule has 0 aliphatic heterocycles. The number of nitrogens with zero attached hydrogens (tertiary/aromatic N) is 2. The zero-order chi connectivity index (χ0) is 36.7. The Bertz CT molecular complexity index is 2980. The fraction of sp³-hybridized carbons (Fsp3) is 0.0588. The number of rotatable bonds is 6. The summed E-state index contributed by atoms with van der Waals surface area (Å²) in [4.78, 5) is 4.71. The topological polar surface area (TPSA) is 32.8 Å². The van der Waals surface area contributed by atoms with Gasteiger partial charge in [0.1, 0.15) is 16.7 Å². The van der Waals surface area contributed by atoms with Crippen LogP contribution < -0.4 is 9.80 Å². The van der Waals surface area contributed by atoms with Crippen LogP contribution in [-0.2, 0) is 5.41 Å². The van der Waals surface area contributed by atoms with E-state index in [4.69, 9.17) is 8.83 Å². The average molecular weight is 709 g/mol. The first-order valence-electron chi connectivity index (χ1n) is 18.9. The van der Waals surface area contributed by atoms with Crippen molar-refractivity contribution in [1.29, 1.82) is 0 Å². The van der Waals surface area contributed by atoms with Crippen molar-refractivity contribution in [1.82, 2.24) is 0 Å². The van der Waals surface area contributed by atoms with E-state index in [-0.39, 0.29) is 0 Å². The lowest BCUT2D eigenvalue weighted by atomic mass is 9.81. The summed E-state index contributed by atoms with van der Waals surface area (Å²) in [5.41, 5.74) is 14.2. The zero-order valence-electron chi connectivity index (χ0n) is 30.5. The van der Waals surface area contributed by atoms with Crippen LogP contribution in [0.2, 0.25) is 0 Å². The molecule has 0 fully saturated rings. The van der Waals surface area contributed by atoms with E-state index in [1.54, 1.807) is 0 Å². The molecule has 0 amide bonds. The molecule has 8 aromatic carbocycles. The van der Waals surface area contributed by atoms with E-state index in [0.717, 1.165) is 83.6 Å². The summed E-state index contributed by atoms with van der Waals surface area (Å²) in [6.07, 6.45) is 0. The zero-order valence-corrected chi connectivity index (χ0v) is 30.5. The van der Waals surface area contributed by atoms with E-state index in [0.29, 0.717) is 0 Å². The quantitative estimate of drug-likeness (QED) is 0.172. The standard InChI is InChI=1S/C51H36N2O2/c1-51(2)39-32-42(53(35-23-11-5-12-24-35)36-25-13-6-14-26-36)49-46(38-28-16-18-30-44(38)54-49)47(39)48-40(51)31-41(45-37-27-15-17-29-43(37)55-50(45)48)52(33-19-7-3-8-20-33)34-21-9-4-10-22-34/h3-32H,1-2H3. The van der Waals surface area contributed by atoms with E-state index in [1.165, 1.54) is 16.7 Å². The molecule has 10 aromatic rings. The maximum absolute atomic E-state index is 7.09. The van der Waals surface area contributed by atoms with Gasteiger partial charge in [-0.15, -0.1) is 0 Å². The first-order chi connectivity index (χ1) is 27.1. The minimum atomic E-state index is -0.411. The molecule has 55 heavy (non-hydrogen) atoms. The number of benzene rings is 8. The van der Waals surface area contributed by atoms with Crippen LogP contribution in [0, 0.1) is 0 Å². The summed E-state index contributed by atoms with van der Waals surface area (Å²) in [7, 11) is 0. The Morgan fingerprint density at radius 1 is 0.382 bits per heavy atom. The first-order valence-corrected chi connectivity index (χ1v) is 18.9. The second kappa shape index (κ2) is 12.0.